The lowest BCUT2D eigenvalue weighted by Crippen LogP contribution is -2.38. The van der Waals surface area contributed by atoms with Crippen LogP contribution in [0.15, 0.2) is 41.8 Å². The number of fused-ring (bicyclic) bond motifs is 1. The van der Waals surface area contributed by atoms with Crippen LogP contribution in [0.25, 0.3) is 0 Å². The summed E-state index contributed by atoms with van der Waals surface area (Å²) in [7, 11) is 0. The van der Waals surface area contributed by atoms with E-state index in [0.717, 1.165) is 30.1 Å². The van der Waals surface area contributed by atoms with Crippen LogP contribution in [-0.4, -0.2) is 12.6 Å². The van der Waals surface area contributed by atoms with Gasteiger partial charge in [-0.3, -0.25) is 10.2 Å². The van der Waals surface area contributed by atoms with Crippen molar-refractivity contribution in [3.63, 3.8) is 0 Å². The zero-order chi connectivity index (χ0) is 12.4. The predicted octanol–water partition coefficient (Wildman–Crippen LogP) is 3.73. The topological polar surface area (TPSA) is 32.3 Å². The highest BCUT2D eigenvalue weighted by Crippen LogP contribution is 2.27. The van der Waals surface area contributed by atoms with Crippen molar-refractivity contribution in [1.82, 2.24) is 0 Å². The zero-order valence-corrected chi connectivity index (χ0v) is 10.7. The Kier molecular flexibility index (Phi) is 3.02. The minimum Gasteiger partial charge on any atom is -0.299 e. The molecule has 0 fully saturated rings. The number of amides is 2. The third-order valence-electron chi connectivity index (χ3n) is 3.11. The molecule has 0 aliphatic carbocycles. The van der Waals surface area contributed by atoms with Crippen molar-refractivity contribution in [2.45, 2.75) is 12.8 Å². The summed E-state index contributed by atoms with van der Waals surface area (Å²) in [5, 5.41) is 5.79. The first-order valence-corrected chi connectivity index (χ1v) is 6.92. The smallest absolute Gasteiger partial charge is 0.299 e. The highest BCUT2D eigenvalue weighted by molar-refractivity contribution is 7.14. The Balaban J connectivity index is 1.83. The van der Waals surface area contributed by atoms with Gasteiger partial charge in [-0.05, 0) is 42.0 Å². The molecule has 0 bridgehead atoms. The van der Waals surface area contributed by atoms with Crippen molar-refractivity contribution >= 4 is 28.1 Å². The molecule has 1 aliphatic heterocycles. The average Bonchev–Trinajstić information content (AvgIpc) is 2.91. The lowest BCUT2D eigenvalue weighted by molar-refractivity contribution is 0.256. The summed E-state index contributed by atoms with van der Waals surface area (Å²) < 4.78 is 0. The number of hydrogen-bond donors (Lipinski definition) is 1. The van der Waals surface area contributed by atoms with Gasteiger partial charge in [0.2, 0.25) is 0 Å². The summed E-state index contributed by atoms with van der Waals surface area (Å²) in [4.78, 5) is 14.1. The molecule has 18 heavy (non-hydrogen) atoms. The number of urea groups is 1. The van der Waals surface area contributed by atoms with Crippen molar-refractivity contribution < 1.29 is 4.79 Å². The average molecular weight is 258 g/mol. The first-order chi connectivity index (χ1) is 8.84. The second-order valence-electron chi connectivity index (χ2n) is 4.29. The molecule has 92 valence electrons. The Labute approximate surface area is 110 Å². The van der Waals surface area contributed by atoms with E-state index in [0.29, 0.717) is 0 Å². The SMILES string of the molecule is O=C(Nc1cccs1)N1CCCc2ccccc21. The van der Waals surface area contributed by atoms with E-state index >= 15 is 0 Å². The zero-order valence-electron chi connectivity index (χ0n) is 9.93. The molecule has 0 saturated heterocycles. The van der Waals surface area contributed by atoms with Gasteiger partial charge in [0.15, 0.2) is 0 Å². The fraction of sp³-hybridized carbons (Fsp3) is 0.214. The van der Waals surface area contributed by atoms with Crippen molar-refractivity contribution in [3.8, 4) is 0 Å². The molecular formula is C14H14N2OS. The summed E-state index contributed by atoms with van der Waals surface area (Å²) in [6, 6.07) is 11.9. The molecule has 0 atom stereocenters. The van der Waals surface area contributed by atoms with E-state index < -0.39 is 0 Å². The first kappa shape index (κ1) is 11.3. The summed E-state index contributed by atoms with van der Waals surface area (Å²) >= 11 is 1.54. The number of rotatable bonds is 1. The molecule has 1 aliphatic rings. The van der Waals surface area contributed by atoms with Gasteiger partial charge in [-0.25, -0.2) is 4.79 Å². The number of para-hydroxylation sites is 1. The molecule has 2 heterocycles. The Morgan fingerprint density at radius 2 is 2.11 bits per heavy atom. The van der Waals surface area contributed by atoms with Crippen LogP contribution in [-0.2, 0) is 6.42 Å². The van der Waals surface area contributed by atoms with Crippen LogP contribution in [0.3, 0.4) is 0 Å². The van der Waals surface area contributed by atoms with Crippen molar-refractivity contribution in [2.24, 2.45) is 0 Å². The molecule has 0 unspecified atom stereocenters. The van der Waals surface area contributed by atoms with Gasteiger partial charge in [0.25, 0.3) is 0 Å². The number of benzene rings is 1. The van der Waals surface area contributed by atoms with Gasteiger partial charge < -0.3 is 0 Å². The molecule has 0 saturated carbocycles. The Morgan fingerprint density at radius 1 is 1.22 bits per heavy atom. The fourth-order valence-electron chi connectivity index (χ4n) is 2.27. The number of thiophene rings is 1. The Morgan fingerprint density at radius 3 is 2.94 bits per heavy atom. The molecule has 2 aromatic rings. The largest absolute Gasteiger partial charge is 0.326 e. The van der Waals surface area contributed by atoms with Crippen LogP contribution in [0.4, 0.5) is 15.5 Å². The monoisotopic (exact) mass is 258 g/mol. The molecule has 3 rings (SSSR count). The van der Waals surface area contributed by atoms with Crippen LogP contribution < -0.4 is 10.2 Å². The van der Waals surface area contributed by atoms with Gasteiger partial charge in [-0.15, -0.1) is 11.3 Å². The van der Waals surface area contributed by atoms with Crippen molar-refractivity contribution in [3.05, 3.63) is 47.3 Å². The fourth-order valence-corrected chi connectivity index (χ4v) is 2.87. The van der Waals surface area contributed by atoms with E-state index in [2.05, 4.69) is 11.4 Å². The van der Waals surface area contributed by atoms with E-state index in [1.165, 1.54) is 16.9 Å². The molecule has 1 N–H and O–H groups in total. The highest BCUT2D eigenvalue weighted by Gasteiger charge is 2.22. The number of carbonyl (C=O) groups is 1. The molecule has 0 spiro atoms. The lowest BCUT2D eigenvalue weighted by Gasteiger charge is -2.29. The molecule has 1 aromatic carbocycles. The summed E-state index contributed by atoms with van der Waals surface area (Å²) in [6.07, 6.45) is 2.08. The van der Waals surface area contributed by atoms with Crippen molar-refractivity contribution in [2.75, 3.05) is 16.8 Å². The third kappa shape index (κ3) is 2.11. The number of anilines is 2. The van der Waals surface area contributed by atoms with Gasteiger partial charge in [-0.2, -0.15) is 0 Å². The molecule has 1 aromatic heterocycles. The highest BCUT2D eigenvalue weighted by atomic mass is 32.1. The van der Waals surface area contributed by atoms with Gasteiger partial charge in [0, 0.05) is 12.2 Å². The van der Waals surface area contributed by atoms with Gasteiger partial charge >= 0.3 is 6.03 Å². The maximum Gasteiger partial charge on any atom is 0.326 e. The number of aryl methyl sites for hydroxylation is 1. The summed E-state index contributed by atoms with van der Waals surface area (Å²) in [6.45, 7) is 0.786. The first-order valence-electron chi connectivity index (χ1n) is 6.04. The molecular weight excluding hydrogens is 244 g/mol. The van der Waals surface area contributed by atoms with Crippen LogP contribution in [0.5, 0.6) is 0 Å². The molecule has 3 nitrogen and oxygen atoms in total. The molecule has 0 radical (unpaired) electrons. The number of carbonyl (C=O) groups excluding carboxylic acids is 1. The van der Waals surface area contributed by atoms with E-state index in [1.807, 2.05) is 40.6 Å². The quantitative estimate of drug-likeness (QED) is 0.830. The van der Waals surface area contributed by atoms with Gasteiger partial charge in [0.05, 0.1) is 5.00 Å². The minimum atomic E-state index is -0.0374. The second kappa shape index (κ2) is 4.82. The van der Waals surface area contributed by atoms with E-state index in [1.54, 1.807) is 0 Å². The predicted molar refractivity (Wildman–Crippen MR) is 75.4 cm³/mol. The Hall–Kier alpha value is -1.81. The maximum atomic E-state index is 12.2. The maximum absolute atomic E-state index is 12.2. The standard InChI is InChI=1S/C14H14N2OS/c17-14(15-13-8-4-10-18-13)16-9-3-6-11-5-1-2-7-12(11)16/h1-2,4-5,7-8,10H,3,6,9H2,(H,15,17). The van der Waals surface area contributed by atoms with Crippen LogP contribution >= 0.6 is 11.3 Å². The lowest BCUT2D eigenvalue weighted by atomic mass is 10.0. The molecule has 4 heteroatoms. The number of hydrogen-bond acceptors (Lipinski definition) is 2. The normalized spacial score (nSPS) is 14.1. The van der Waals surface area contributed by atoms with E-state index in [9.17, 15) is 4.79 Å². The van der Waals surface area contributed by atoms with Gasteiger partial charge in [0.1, 0.15) is 0 Å². The second-order valence-corrected chi connectivity index (χ2v) is 5.24. The summed E-state index contributed by atoms with van der Waals surface area (Å²) in [5.41, 5.74) is 2.29. The number of nitrogens with one attached hydrogen (secondary N) is 1. The third-order valence-corrected chi connectivity index (χ3v) is 3.89. The number of nitrogens with zero attached hydrogens (tertiary/aromatic N) is 1. The van der Waals surface area contributed by atoms with Crippen LogP contribution in [0.1, 0.15) is 12.0 Å². The van der Waals surface area contributed by atoms with E-state index in [-0.39, 0.29) is 6.03 Å². The Bertz CT molecular complexity index is 551. The summed E-state index contributed by atoms with van der Waals surface area (Å²) in [5.74, 6) is 0. The minimum absolute atomic E-state index is 0.0374. The molecule has 2 amide bonds. The van der Waals surface area contributed by atoms with E-state index in [4.69, 9.17) is 0 Å². The van der Waals surface area contributed by atoms with Crippen molar-refractivity contribution in [1.29, 1.82) is 0 Å². The van der Waals surface area contributed by atoms with Gasteiger partial charge in [-0.1, -0.05) is 18.2 Å². The van der Waals surface area contributed by atoms with Crippen LogP contribution in [0.2, 0.25) is 0 Å². The van der Waals surface area contributed by atoms with Crippen LogP contribution in [0, 0.1) is 0 Å².